The molecule has 1 unspecified atom stereocenters. The molecule has 2 rings (SSSR count). The standard InChI is InChI=1S/C19H29NO5S/c1-13(2)25-9-6-8-20-17(21)7-10-26-19(20)14-11-15(22-3)18(24-5)16(12-14)23-4/h11-13,19H,6-10H2,1-5H3. The maximum atomic E-state index is 12.5. The number of nitrogens with zero attached hydrogens (tertiary/aromatic N) is 1. The molecular formula is C19H29NO5S. The summed E-state index contributed by atoms with van der Waals surface area (Å²) in [4.78, 5) is 14.5. The number of methoxy groups -OCH3 is 3. The number of thioether (sulfide) groups is 1. The Labute approximate surface area is 160 Å². The molecule has 1 aliphatic heterocycles. The molecule has 1 aliphatic rings. The zero-order valence-electron chi connectivity index (χ0n) is 16.2. The lowest BCUT2D eigenvalue weighted by Gasteiger charge is -2.36. The average molecular weight is 384 g/mol. The molecule has 1 heterocycles. The molecule has 0 aromatic heterocycles. The van der Waals surface area contributed by atoms with Gasteiger partial charge in [-0.3, -0.25) is 4.79 Å². The van der Waals surface area contributed by atoms with Gasteiger partial charge in [-0.05, 0) is 38.0 Å². The monoisotopic (exact) mass is 383 g/mol. The van der Waals surface area contributed by atoms with Gasteiger partial charge in [-0.2, -0.15) is 0 Å². The van der Waals surface area contributed by atoms with Gasteiger partial charge in [-0.25, -0.2) is 0 Å². The van der Waals surface area contributed by atoms with Crippen LogP contribution in [0, 0.1) is 0 Å². The van der Waals surface area contributed by atoms with Crippen LogP contribution < -0.4 is 14.2 Å². The van der Waals surface area contributed by atoms with Gasteiger partial charge in [-0.15, -0.1) is 11.8 Å². The minimum absolute atomic E-state index is 0.0657. The Kier molecular flexibility index (Phi) is 7.90. The topological polar surface area (TPSA) is 57.2 Å². The second-order valence-electron chi connectivity index (χ2n) is 6.29. The summed E-state index contributed by atoms with van der Waals surface area (Å²) in [6.07, 6.45) is 1.58. The van der Waals surface area contributed by atoms with Crippen LogP contribution in [0.15, 0.2) is 12.1 Å². The van der Waals surface area contributed by atoms with Crippen molar-refractivity contribution >= 4 is 17.7 Å². The van der Waals surface area contributed by atoms with Gasteiger partial charge in [0.1, 0.15) is 5.37 Å². The van der Waals surface area contributed by atoms with Crippen LogP contribution in [0.4, 0.5) is 0 Å². The third kappa shape index (κ3) is 4.98. The molecule has 1 atom stereocenters. The van der Waals surface area contributed by atoms with Crippen LogP contribution in [0.5, 0.6) is 17.2 Å². The van der Waals surface area contributed by atoms with Gasteiger partial charge in [0.2, 0.25) is 11.7 Å². The molecule has 7 heteroatoms. The number of benzene rings is 1. The van der Waals surface area contributed by atoms with E-state index in [4.69, 9.17) is 18.9 Å². The van der Waals surface area contributed by atoms with E-state index in [1.807, 2.05) is 30.9 Å². The molecule has 146 valence electrons. The van der Waals surface area contributed by atoms with Crippen LogP contribution in [-0.4, -0.2) is 57.1 Å². The van der Waals surface area contributed by atoms with Crippen molar-refractivity contribution in [3.8, 4) is 17.2 Å². The van der Waals surface area contributed by atoms with Crippen LogP contribution in [0.3, 0.4) is 0 Å². The minimum Gasteiger partial charge on any atom is -0.493 e. The van der Waals surface area contributed by atoms with E-state index in [1.54, 1.807) is 33.1 Å². The second kappa shape index (κ2) is 9.92. The summed E-state index contributed by atoms with van der Waals surface area (Å²) >= 11 is 1.76. The van der Waals surface area contributed by atoms with Crippen molar-refractivity contribution < 1.29 is 23.7 Å². The third-order valence-corrected chi connectivity index (χ3v) is 5.44. The predicted octanol–water partition coefficient (Wildman–Crippen LogP) is 3.49. The van der Waals surface area contributed by atoms with Gasteiger partial charge in [0.25, 0.3) is 0 Å². The molecule has 0 N–H and O–H groups in total. The van der Waals surface area contributed by atoms with Crippen molar-refractivity contribution in [3.05, 3.63) is 17.7 Å². The lowest BCUT2D eigenvalue weighted by molar-refractivity contribution is -0.132. The zero-order chi connectivity index (χ0) is 19.1. The Morgan fingerprint density at radius 3 is 2.35 bits per heavy atom. The van der Waals surface area contributed by atoms with E-state index in [0.29, 0.717) is 36.8 Å². The SMILES string of the molecule is COc1cc(C2SCCC(=O)N2CCCOC(C)C)cc(OC)c1OC. The van der Waals surface area contributed by atoms with Crippen molar-refractivity contribution in [1.82, 2.24) is 4.90 Å². The molecule has 1 fully saturated rings. The van der Waals surface area contributed by atoms with Crippen LogP contribution in [0.25, 0.3) is 0 Å². The first-order valence-corrected chi connectivity index (χ1v) is 9.89. The summed E-state index contributed by atoms with van der Waals surface area (Å²) in [5, 5.41) is -0.0657. The molecule has 26 heavy (non-hydrogen) atoms. The molecule has 0 radical (unpaired) electrons. The van der Waals surface area contributed by atoms with Crippen LogP contribution >= 0.6 is 11.8 Å². The lowest BCUT2D eigenvalue weighted by atomic mass is 10.1. The van der Waals surface area contributed by atoms with E-state index in [2.05, 4.69) is 0 Å². The van der Waals surface area contributed by atoms with Crippen LogP contribution in [-0.2, 0) is 9.53 Å². The van der Waals surface area contributed by atoms with E-state index >= 15 is 0 Å². The van der Waals surface area contributed by atoms with Crippen molar-refractivity contribution in [2.24, 2.45) is 0 Å². The van der Waals surface area contributed by atoms with Crippen LogP contribution in [0.1, 0.15) is 37.6 Å². The Balaban J connectivity index is 2.23. The second-order valence-corrected chi connectivity index (χ2v) is 7.48. The fraction of sp³-hybridized carbons (Fsp3) is 0.632. The molecule has 6 nitrogen and oxygen atoms in total. The van der Waals surface area contributed by atoms with Crippen molar-refractivity contribution in [1.29, 1.82) is 0 Å². The number of amides is 1. The van der Waals surface area contributed by atoms with Crippen LogP contribution in [0.2, 0.25) is 0 Å². The summed E-state index contributed by atoms with van der Waals surface area (Å²) in [7, 11) is 4.78. The van der Waals surface area contributed by atoms with E-state index < -0.39 is 0 Å². The molecule has 0 aliphatic carbocycles. The maximum absolute atomic E-state index is 12.5. The predicted molar refractivity (Wildman–Crippen MR) is 103 cm³/mol. The first-order valence-electron chi connectivity index (χ1n) is 8.84. The fourth-order valence-electron chi connectivity index (χ4n) is 2.94. The summed E-state index contributed by atoms with van der Waals surface area (Å²) in [6.45, 7) is 5.34. The first-order chi connectivity index (χ1) is 12.5. The maximum Gasteiger partial charge on any atom is 0.224 e. The number of rotatable bonds is 9. The van der Waals surface area contributed by atoms with Gasteiger partial charge in [0.15, 0.2) is 11.5 Å². The highest BCUT2D eigenvalue weighted by molar-refractivity contribution is 7.99. The highest BCUT2D eigenvalue weighted by Gasteiger charge is 2.31. The van der Waals surface area contributed by atoms with E-state index in [9.17, 15) is 4.79 Å². The number of hydrogen-bond donors (Lipinski definition) is 0. The average Bonchev–Trinajstić information content (AvgIpc) is 2.64. The summed E-state index contributed by atoms with van der Waals surface area (Å²) < 4.78 is 21.9. The third-order valence-electron chi connectivity index (χ3n) is 4.16. The molecule has 1 aromatic rings. The summed E-state index contributed by atoms with van der Waals surface area (Å²) in [5.41, 5.74) is 0.974. The first kappa shape index (κ1) is 20.7. The van der Waals surface area contributed by atoms with E-state index in [0.717, 1.165) is 17.7 Å². The molecule has 0 spiro atoms. The van der Waals surface area contributed by atoms with Gasteiger partial charge >= 0.3 is 0 Å². The zero-order valence-corrected chi connectivity index (χ0v) is 17.1. The van der Waals surface area contributed by atoms with Gasteiger partial charge in [0.05, 0.1) is 27.4 Å². The molecular weight excluding hydrogens is 354 g/mol. The fourth-order valence-corrected chi connectivity index (χ4v) is 4.19. The highest BCUT2D eigenvalue weighted by Crippen LogP contribution is 2.44. The van der Waals surface area contributed by atoms with Crippen molar-refractivity contribution in [3.63, 3.8) is 0 Å². The highest BCUT2D eigenvalue weighted by atomic mass is 32.2. The lowest BCUT2D eigenvalue weighted by Crippen LogP contribution is -2.38. The molecule has 0 saturated carbocycles. The molecule has 1 saturated heterocycles. The number of carbonyl (C=O) groups is 1. The molecule has 1 amide bonds. The largest absolute Gasteiger partial charge is 0.493 e. The minimum atomic E-state index is -0.0657. The van der Waals surface area contributed by atoms with E-state index in [-0.39, 0.29) is 17.4 Å². The van der Waals surface area contributed by atoms with Gasteiger partial charge < -0.3 is 23.8 Å². The Hall–Kier alpha value is -1.60. The van der Waals surface area contributed by atoms with Gasteiger partial charge in [-0.1, -0.05) is 0 Å². The number of carbonyl (C=O) groups excluding carboxylic acids is 1. The number of ether oxygens (including phenoxy) is 4. The summed E-state index contributed by atoms with van der Waals surface area (Å²) in [5.74, 6) is 2.74. The van der Waals surface area contributed by atoms with Crippen molar-refractivity contribution in [2.45, 2.75) is 38.2 Å². The summed E-state index contributed by atoms with van der Waals surface area (Å²) in [6, 6.07) is 3.85. The smallest absolute Gasteiger partial charge is 0.224 e. The Bertz CT molecular complexity index is 583. The Morgan fingerprint density at radius 1 is 1.15 bits per heavy atom. The normalized spacial score (nSPS) is 17.5. The van der Waals surface area contributed by atoms with E-state index in [1.165, 1.54) is 0 Å². The number of hydrogen-bond acceptors (Lipinski definition) is 6. The molecule has 1 aromatic carbocycles. The van der Waals surface area contributed by atoms with Gasteiger partial charge in [0, 0.05) is 25.3 Å². The Morgan fingerprint density at radius 2 is 1.81 bits per heavy atom. The molecule has 0 bridgehead atoms. The quantitative estimate of drug-likeness (QED) is 0.609. The van der Waals surface area contributed by atoms with Crippen molar-refractivity contribution in [2.75, 3.05) is 40.2 Å².